The van der Waals surface area contributed by atoms with Gasteiger partial charge in [-0.3, -0.25) is 4.79 Å². The highest BCUT2D eigenvalue weighted by molar-refractivity contribution is 5.86. The molecule has 0 saturated heterocycles. The second kappa shape index (κ2) is 3.91. The van der Waals surface area contributed by atoms with Crippen molar-refractivity contribution in [3.05, 3.63) is 17.2 Å². The van der Waals surface area contributed by atoms with E-state index in [1.165, 1.54) is 0 Å². The van der Waals surface area contributed by atoms with E-state index in [1.807, 2.05) is 0 Å². The van der Waals surface area contributed by atoms with E-state index in [0.717, 1.165) is 0 Å². The normalized spacial score (nSPS) is 10.1. The summed E-state index contributed by atoms with van der Waals surface area (Å²) in [6, 6.07) is 0. The van der Waals surface area contributed by atoms with Crippen LogP contribution in [0.25, 0.3) is 0 Å². The van der Waals surface area contributed by atoms with Crippen LogP contribution in [0, 0.1) is 6.92 Å². The van der Waals surface area contributed by atoms with Gasteiger partial charge in [-0.25, -0.2) is 9.78 Å². The largest absolute Gasteiger partial charge is 0.476 e. The molecule has 76 valence electrons. The van der Waals surface area contributed by atoms with Crippen molar-refractivity contribution in [1.82, 2.24) is 9.97 Å². The molecule has 0 spiro atoms. The Kier molecular flexibility index (Phi) is 2.85. The van der Waals surface area contributed by atoms with Crippen LogP contribution >= 0.6 is 0 Å². The van der Waals surface area contributed by atoms with E-state index in [1.54, 1.807) is 6.92 Å². The van der Waals surface area contributed by atoms with Gasteiger partial charge >= 0.3 is 5.97 Å². The van der Waals surface area contributed by atoms with E-state index in [4.69, 9.17) is 10.8 Å². The molecular weight excluding hydrogens is 186 g/mol. The molecule has 0 aliphatic rings. The molecule has 6 nitrogen and oxygen atoms in total. The van der Waals surface area contributed by atoms with Crippen molar-refractivity contribution in [1.29, 1.82) is 0 Å². The van der Waals surface area contributed by atoms with Gasteiger partial charge < -0.3 is 15.8 Å². The Bertz CT molecular complexity index is 370. The molecule has 0 radical (unpaired) electrons. The summed E-state index contributed by atoms with van der Waals surface area (Å²) < 4.78 is 0. The summed E-state index contributed by atoms with van der Waals surface area (Å²) in [5, 5.41) is 8.68. The highest BCUT2D eigenvalue weighted by atomic mass is 16.4. The van der Waals surface area contributed by atoms with Crippen LogP contribution in [0.3, 0.4) is 0 Å². The van der Waals surface area contributed by atoms with Crippen molar-refractivity contribution in [2.75, 3.05) is 0 Å². The minimum atomic E-state index is -1.08. The van der Waals surface area contributed by atoms with E-state index in [0.29, 0.717) is 17.9 Å². The number of hydrogen-bond donors (Lipinski definition) is 3. The van der Waals surface area contributed by atoms with E-state index < -0.39 is 11.9 Å². The third-order valence-corrected chi connectivity index (χ3v) is 1.74. The SMILES string of the molecule is Cc1[nH]c(CCC(N)=O)nc1C(=O)O. The summed E-state index contributed by atoms with van der Waals surface area (Å²) in [5.74, 6) is -1.04. The highest BCUT2D eigenvalue weighted by Crippen LogP contribution is 2.06. The maximum atomic E-state index is 10.6. The molecule has 0 fully saturated rings. The number of rotatable bonds is 4. The zero-order valence-corrected chi connectivity index (χ0v) is 7.70. The predicted octanol–water partition coefficient (Wildman–Crippen LogP) is -0.166. The number of hydrogen-bond acceptors (Lipinski definition) is 3. The first-order chi connectivity index (χ1) is 6.50. The Morgan fingerprint density at radius 3 is 2.64 bits per heavy atom. The Morgan fingerprint density at radius 2 is 2.21 bits per heavy atom. The molecule has 1 amide bonds. The van der Waals surface area contributed by atoms with E-state index in [-0.39, 0.29) is 12.1 Å². The highest BCUT2D eigenvalue weighted by Gasteiger charge is 2.13. The average Bonchev–Trinajstić information content (AvgIpc) is 2.43. The maximum absolute atomic E-state index is 10.6. The minimum absolute atomic E-state index is 0.00975. The molecular formula is C8H11N3O3. The first-order valence-electron chi connectivity index (χ1n) is 4.07. The fourth-order valence-corrected chi connectivity index (χ4v) is 1.09. The Morgan fingerprint density at radius 1 is 1.57 bits per heavy atom. The number of carboxylic acids is 1. The van der Waals surface area contributed by atoms with Crippen LogP contribution in [0.5, 0.6) is 0 Å². The van der Waals surface area contributed by atoms with Crippen molar-refractivity contribution in [2.45, 2.75) is 19.8 Å². The fraction of sp³-hybridized carbons (Fsp3) is 0.375. The molecule has 0 aliphatic carbocycles. The number of H-pyrrole nitrogens is 1. The van der Waals surface area contributed by atoms with Crippen LogP contribution < -0.4 is 5.73 Å². The number of aromatic carboxylic acids is 1. The lowest BCUT2D eigenvalue weighted by atomic mass is 10.3. The molecule has 0 atom stereocenters. The summed E-state index contributed by atoms with van der Waals surface area (Å²) >= 11 is 0. The van der Waals surface area contributed by atoms with E-state index in [2.05, 4.69) is 9.97 Å². The van der Waals surface area contributed by atoms with Crippen molar-refractivity contribution >= 4 is 11.9 Å². The number of aryl methyl sites for hydroxylation is 2. The number of nitrogens with two attached hydrogens (primary N) is 1. The van der Waals surface area contributed by atoms with Crippen LogP contribution in [0.2, 0.25) is 0 Å². The molecule has 0 aliphatic heterocycles. The summed E-state index contributed by atoms with van der Waals surface area (Å²) in [6.45, 7) is 1.62. The molecule has 0 unspecified atom stereocenters. The number of aromatic amines is 1. The first-order valence-corrected chi connectivity index (χ1v) is 4.07. The second-order valence-electron chi connectivity index (χ2n) is 2.93. The summed E-state index contributed by atoms with van der Waals surface area (Å²) in [5.41, 5.74) is 5.42. The topological polar surface area (TPSA) is 109 Å². The maximum Gasteiger partial charge on any atom is 0.356 e. The van der Waals surface area contributed by atoms with Crippen LogP contribution in [0.1, 0.15) is 28.4 Å². The molecule has 0 bridgehead atoms. The van der Waals surface area contributed by atoms with Crippen LogP contribution in [-0.2, 0) is 11.2 Å². The van der Waals surface area contributed by atoms with Gasteiger partial charge in [0.05, 0.1) is 0 Å². The van der Waals surface area contributed by atoms with Crippen molar-refractivity contribution in [2.24, 2.45) is 5.73 Å². The van der Waals surface area contributed by atoms with Crippen molar-refractivity contribution in [3.63, 3.8) is 0 Å². The van der Waals surface area contributed by atoms with Crippen molar-refractivity contribution in [3.8, 4) is 0 Å². The van der Waals surface area contributed by atoms with Gasteiger partial charge in [0, 0.05) is 18.5 Å². The molecule has 1 aromatic rings. The first kappa shape index (κ1) is 10.2. The molecule has 4 N–H and O–H groups in total. The summed E-state index contributed by atoms with van der Waals surface area (Å²) in [6.07, 6.45) is 0.496. The van der Waals surface area contributed by atoms with E-state index in [9.17, 15) is 9.59 Å². The van der Waals surface area contributed by atoms with Gasteiger partial charge in [0.15, 0.2) is 5.69 Å². The van der Waals surface area contributed by atoms with Gasteiger partial charge in [-0.05, 0) is 6.92 Å². The number of aromatic nitrogens is 2. The van der Waals surface area contributed by atoms with Gasteiger partial charge in [-0.15, -0.1) is 0 Å². The number of carboxylic acid groups (broad SMARTS) is 1. The molecule has 0 saturated carbocycles. The zero-order valence-electron chi connectivity index (χ0n) is 7.70. The Balaban J connectivity index is 2.76. The number of nitrogens with zero attached hydrogens (tertiary/aromatic N) is 1. The Labute approximate surface area is 80.1 Å². The Hall–Kier alpha value is -1.85. The molecule has 0 aromatic carbocycles. The number of carbonyl (C=O) groups excluding carboxylic acids is 1. The van der Waals surface area contributed by atoms with Crippen LogP contribution in [0.15, 0.2) is 0 Å². The molecule has 14 heavy (non-hydrogen) atoms. The van der Waals surface area contributed by atoms with Gasteiger partial charge in [-0.2, -0.15) is 0 Å². The average molecular weight is 197 g/mol. The second-order valence-corrected chi connectivity index (χ2v) is 2.93. The lowest BCUT2D eigenvalue weighted by Crippen LogP contribution is -2.11. The van der Waals surface area contributed by atoms with Gasteiger partial charge in [0.1, 0.15) is 5.82 Å². The number of carbonyl (C=O) groups is 2. The third kappa shape index (κ3) is 2.32. The predicted molar refractivity (Wildman–Crippen MR) is 47.8 cm³/mol. The number of primary amides is 1. The number of imidazole rings is 1. The zero-order chi connectivity index (χ0) is 10.7. The summed E-state index contributed by atoms with van der Waals surface area (Å²) in [7, 11) is 0. The number of nitrogens with one attached hydrogen (secondary N) is 1. The van der Waals surface area contributed by atoms with Crippen LogP contribution in [0.4, 0.5) is 0 Å². The smallest absolute Gasteiger partial charge is 0.356 e. The molecule has 1 aromatic heterocycles. The monoisotopic (exact) mass is 197 g/mol. The molecule has 1 rings (SSSR count). The quantitative estimate of drug-likeness (QED) is 0.622. The lowest BCUT2D eigenvalue weighted by molar-refractivity contribution is -0.118. The molecule has 6 heteroatoms. The number of amides is 1. The standard InChI is InChI=1S/C8H11N3O3/c1-4-7(8(13)14)11-6(10-4)3-2-5(9)12/h2-3H2,1H3,(H2,9,12)(H,10,11)(H,13,14). The lowest BCUT2D eigenvalue weighted by Gasteiger charge is -1.91. The van der Waals surface area contributed by atoms with Crippen LogP contribution in [-0.4, -0.2) is 27.0 Å². The van der Waals surface area contributed by atoms with E-state index >= 15 is 0 Å². The third-order valence-electron chi connectivity index (χ3n) is 1.74. The van der Waals surface area contributed by atoms with Gasteiger partial charge in [0.2, 0.25) is 5.91 Å². The van der Waals surface area contributed by atoms with Crippen molar-refractivity contribution < 1.29 is 14.7 Å². The fourth-order valence-electron chi connectivity index (χ4n) is 1.09. The molecule has 1 heterocycles. The minimum Gasteiger partial charge on any atom is -0.476 e. The summed E-state index contributed by atoms with van der Waals surface area (Å²) in [4.78, 5) is 27.7. The van der Waals surface area contributed by atoms with Gasteiger partial charge in [0.25, 0.3) is 0 Å². The van der Waals surface area contributed by atoms with Gasteiger partial charge in [-0.1, -0.05) is 0 Å².